The van der Waals surface area contributed by atoms with Crippen molar-refractivity contribution in [3.05, 3.63) is 54.0 Å². The summed E-state index contributed by atoms with van der Waals surface area (Å²) in [6.07, 6.45) is 4.04. The smallest absolute Gasteiger partial charge is 0.126 e. The van der Waals surface area contributed by atoms with Crippen LogP contribution in [-0.4, -0.2) is 5.11 Å². The van der Waals surface area contributed by atoms with E-state index in [-0.39, 0.29) is 0 Å². The van der Waals surface area contributed by atoms with Crippen molar-refractivity contribution >= 4 is 0 Å². The molecule has 0 bridgehead atoms. The van der Waals surface area contributed by atoms with Crippen LogP contribution in [0.25, 0.3) is 0 Å². The molecule has 2 nitrogen and oxygen atoms in total. The molecule has 0 aliphatic rings. The Bertz CT molecular complexity index is 350. The topological polar surface area (TPSA) is 29.5 Å². The summed E-state index contributed by atoms with van der Waals surface area (Å²) < 4.78 is 5.51. The van der Waals surface area contributed by atoms with E-state index in [2.05, 4.69) is 0 Å². The summed E-state index contributed by atoms with van der Waals surface area (Å²) in [6, 6.07) is 9.56. The number of ether oxygens (including phenoxy) is 1. The zero-order valence-corrected chi connectivity index (χ0v) is 9.10. The summed E-state index contributed by atoms with van der Waals surface area (Å²) in [5, 5.41) is 9.23. The fourth-order valence-electron chi connectivity index (χ4n) is 1.04. The normalized spacial score (nSPS) is 12.7. The number of rotatable bonds is 4. The molecule has 0 spiro atoms. The first kappa shape index (κ1) is 11.4. The highest BCUT2D eigenvalue weighted by Crippen LogP contribution is 2.12. The first-order chi connectivity index (χ1) is 7.22. The van der Waals surface area contributed by atoms with Crippen LogP contribution in [0, 0.1) is 0 Å². The Labute approximate surface area is 90.5 Å². The van der Waals surface area contributed by atoms with Crippen molar-refractivity contribution in [1.82, 2.24) is 0 Å². The minimum absolute atomic E-state index is 0.353. The van der Waals surface area contributed by atoms with Crippen LogP contribution in [0.2, 0.25) is 0 Å². The molecule has 0 saturated heterocycles. The van der Waals surface area contributed by atoms with Gasteiger partial charge in [0.2, 0.25) is 0 Å². The van der Waals surface area contributed by atoms with Crippen LogP contribution >= 0.6 is 0 Å². The van der Waals surface area contributed by atoms with Gasteiger partial charge in [-0.3, -0.25) is 0 Å². The van der Waals surface area contributed by atoms with E-state index in [0.717, 1.165) is 11.5 Å². The van der Waals surface area contributed by atoms with Crippen LogP contribution in [0.3, 0.4) is 0 Å². The summed E-state index contributed by atoms with van der Waals surface area (Å²) in [5.41, 5.74) is 0. The van der Waals surface area contributed by atoms with E-state index in [0.29, 0.717) is 12.2 Å². The van der Waals surface area contributed by atoms with Gasteiger partial charge in [0.25, 0.3) is 0 Å². The average molecular weight is 204 g/mol. The first-order valence-electron chi connectivity index (χ1n) is 5.01. The molecular formula is C13H16O2. The second kappa shape index (κ2) is 5.91. The lowest BCUT2D eigenvalue weighted by Crippen LogP contribution is -1.89. The molecule has 0 fully saturated rings. The number of para-hydroxylation sites is 1. The predicted octanol–water partition coefficient (Wildman–Crippen LogP) is 3.82. The Morgan fingerprint density at radius 3 is 2.53 bits per heavy atom. The van der Waals surface area contributed by atoms with Crippen LogP contribution in [0.5, 0.6) is 5.75 Å². The van der Waals surface area contributed by atoms with Gasteiger partial charge in [0.05, 0.1) is 5.76 Å². The molecule has 1 N–H and O–H groups in total. The predicted molar refractivity (Wildman–Crippen MR) is 61.8 cm³/mol. The largest absolute Gasteiger partial charge is 0.512 e. The molecule has 80 valence electrons. The Morgan fingerprint density at radius 2 is 1.93 bits per heavy atom. The minimum atomic E-state index is 0.353. The van der Waals surface area contributed by atoms with Crippen molar-refractivity contribution in [2.75, 3.05) is 0 Å². The zero-order chi connectivity index (χ0) is 11.1. The molecular weight excluding hydrogens is 188 g/mol. The van der Waals surface area contributed by atoms with Gasteiger partial charge in [0.1, 0.15) is 11.5 Å². The number of allylic oxidation sites excluding steroid dienone is 4. The lowest BCUT2D eigenvalue weighted by Gasteiger charge is -2.04. The van der Waals surface area contributed by atoms with Gasteiger partial charge >= 0.3 is 0 Å². The SMILES string of the molecule is CC/C(O)=C\C=C(/C)Oc1ccccc1. The van der Waals surface area contributed by atoms with Gasteiger partial charge in [-0.05, 0) is 31.2 Å². The molecule has 0 amide bonds. The summed E-state index contributed by atoms with van der Waals surface area (Å²) in [6.45, 7) is 3.75. The van der Waals surface area contributed by atoms with E-state index >= 15 is 0 Å². The van der Waals surface area contributed by atoms with Gasteiger partial charge in [0, 0.05) is 6.42 Å². The second-order valence-corrected chi connectivity index (χ2v) is 3.20. The molecule has 1 aromatic rings. The lowest BCUT2D eigenvalue weighted by atomic mass is 10.3. The third-order valence-corrected chi connectivity index (χ3v) is 1.89. The third kappa shape index (κ3) is 4.36. The lowest BCUT2D eigenvalue weighted by molar-refractivity contribution is 0.393. The molecule has 0 heterocycles. The van der Waals surface area contributed by atoms with Gasteiger partial charge in [0.15, 0.2) is 0 Å². The molecule has 0 saturated carbocycles. The molecule has 0 aliphatic carbocycles. The molecule has 0 unspecified atom stereocenters. The maximum Gasteiger partial charge on any atom is 0.126 e. The van der Waals surface area contributed by atoms with E-state index < -0.39 is 0 Å². The Balaban J connectivity index is 2.60. The van der Waals surface area contributed by atoms with E-state index in [4.69, 9.17) is 4.74 Å². The van der Waals surface area contributed by atoms with Crippen molar-refractivity contribution in [3.8, 4) is 5.75 Å². The number of aliphatic hydroxyl groups is 1. The second-order valence-electron chi connectivity index (χ2n) is 3.20. The maximum atomic E-state index is 9.23. The van der Waals surface area contributed by atoms with E-state index in [1.807, 2.05) is 44.2 Å². The standard InChI is InChI=1S/C13H16O2/c1-3-12(14)10-9-11(2)15-13-7-5-4-6-8-13/h4-10,14H,3H2,1-2H3/b11-9+,12-10+. The zero-order valence-electron chi connectivity index (χ0n) is 9.10. The molecule has 0 radical (unpaired) electrons. The van der Waals surface area contributed by atoms with Crippen LogP contribution in [0.1, 0.15) is 20.3 Å². The van der Waals surface area contributed by atoms with E-state index in [1.54, 1.807) is 12.2 Å². The maximum absolute atomic E-state index is 9.23. The summed E-state index contributed by atoms with van der Waals surface area (Å²) in [7, 11) is 0. The van der Waals surface area contributed by atoms with Gasteiger partial charge in [-0.25, -0.2) is 0 Å². The molecule has 0 aromatic heterocycles. The van der Waals surface area contributed by atoms with Crippen molar-refractivity contribution < 1.29 is 9.84 Å². The Kier molecular flexibility index (Phi) is 4.48. The monoisotopic (exact) mass is 204 g/mol. The van der Waals surface area contributed by atoms with Crippen molar-refractivity contribution in [3.63, 3.8) is 0 Å². The van der Waals surface area contributed by atoms with Gasteiger partial charge in [-0.1, -0.05) is 25.1 Å². The number of hydrogen-bond donors (Lipinski definition) is 1. The van der Waals surface area contributed by atoms with Gasteiger partial charge in [-0.15, -0.1) is 0 Å². The van der Waals surface area contributed by atoms with Crippen LogP contribution in [-0.2, 0) is 0 Å². The van der Waals surface area contributed by atoms with Gasteiger partial charge in [-0.2, -0.15) is 0 Å². The molecule has 1 aromatic carbocycles. The van der Waals surface area contributed by atoms with E-state index in [1.165, 1.54) is 0 Å². The highest BCUT2D eigenvalue weighted by atomic mass is 16.5. The molecule has 15 heavy (non-hydrogen) atoms. The highest BCUT2D eigenvalue weighted by molar-refractivity contribution is 5.24. The van der Waals surface area contributed by atoms with Gasteiger partial charge < -0.3 is 9.84 Å². The molecule has 0 atom stereocenters. The van der Waals surface area contributed by atoms with Crippen LogP contribution in [0.4, 0.5) is 0 Å². The Morgan fingerprint density at radius 1 is 1.27 bits per heavy atom. The fourth-order valence-corrected chi connectivity index (χ4v) is 1.04. The van der Waals surface area contributed by atoms with Crippen molar-refractivity contribution in [2.24, 2.45) is 0 Å². The van der Waals surface area contributed by atoms with Crippen LogP contribution in [0.15, 0.2) is 54.0 Å². The summed E-state index contributed by atoms with van der Waals surface area (Å²) in [5.74, 6) is 1.91. The quantitative estimate of drug-likeness (QED) is 0.596. The number of benzene rings is 1. The first-order valence-corrected chi connectivity index (χ1v) is 5.01. The molecule has 1 rings (SSSR count). The highest BCUT2D eigenvalue weighted by Gasteiger charge is 1.92. The number of hydrogen-bond acceptors (Lipinski definition) is 2. The van der Waals surface area contributed by atoms with Crippen molar-refractivity contribution in [2.45, 2.75) is 20.3 Å². The summed E-state index contributed by atoms with van der Waals surface area (Å²) >= 11 is 0. The third-order valence-electron chi connectivity index (χ3n) is 1.89. The van der Waals surface area contributed by atoms with Crippen LogP contribution < -0.4 is 4.74 Å². The van der Waals surface area contributed by atoms with Crippen molar-refractivity contribution in [1.29, 1.82) is 0 Å². The fraction of sp³-hybridized carbons (Fsp3) is 0.231. The summed E-state index contributed by atoms with van der Waals surface area (Å²) in [4.78, 5) is 0. The molecule has 0 aliphatic heterocycles. The number of aliphatic hydroxyl groups excluding tert-OH is 1. The minimum Gasteiger partial charge on any atom is -0.512 e. The average Bonchev–Trinajstić information content (AvgIpc) is 2.27. The molecule has 2 heteroatoms. The Hall–Kier alpha value is -1.70. The van der Waals surface area contributed by atoms with E-state index in [9.17, 15) is 5.11 Å².